The topological polar surface area (TPSA) is 100 Å². The van der Waals surface area contributed by atoms with Gasteiger partial charge in [-0.25, -0.2) is 4.98 Å². The molecule has 0 saturated carbocycles. The lowest BCUT2D eigenvalue weighted by atomic mass is 10.1. The summed E-state index contributed by atoms with van der Waals surface area (Å²) >= 11 is 2.82. The minimum atomic E-state index is -0.142. The molecule has 0 spiro atoms. The zero-order chi connectivity index (χ0) is 20.6. The Hall–Kier alpha value is -3.04. The summed E-state index contributed by atoms with van der Waals surface area (Å²) in [5.41, 5.74) is 3.01. The molecule has 1 aromatic carbocycles. The quantitative estimate of drug-likeness (QED) is 0.473. The van der Waals surface area contributed by atoms with Crippen LogP contribution in [0.1, 0.15) is 30.1 Å². The Labute approximate surface area is 176 Å². The predicted octanol–water partition coefficient (Wildman–Crippen LogP) is 3.98. The number of hydrogen-bond donors (Lipinski definition) is 3. The van der Waals surface area contributed by atoms with Crippen LogP contribution in [0.2, 0.25) is 0 Å². The van der Waals surface area contributed by atoms with Crippen LogP contribution in [0.5, 0.6) is 0 Å². The van der Waals surface area contributed by atoms with Gasteiger partial charge in [-0.05, 0) is 30.0 Å². The van der Waals surface area contributed by atoms with Crippen molar-refractivity contribution in [2.45, 2.75) is 19.8 Å². The molecule has 3 rings (SSSR count). The first kappa shape index (κ1) is 20.7. The maximum Gasteiger partial charge on any atom is 0.252 e. The Morgan fingerprint density at radius 1 is 1.03 bits per heavy atom. The summed E-state index contributed by atoms with van der Waals surface area (Å²) < 4.78 is 0. The smallest absolute Gasteiger partial charge is 0.252 e. The predicted molar refractivity (Wildman–Crippen MR) is 116 cm³/mol. The van der Waals surface area contributed by atoms with Crippen LogP contribution in [0.25, 0.3) is 11.3 Å². The number of benzene rings is 1. The highest BCUT2D eigenvalue weighted by Crippen LogP contribution is 2.26. The van der Waals surface area contributed by atoms with E-state index < -0.39 is 0 Å². The lowest BCUT2D eigenvalue weighted by Gasteiger charge is -2.04. The van der Waals surface area contributed by atoms with Crippen LogP contribution >= 0.6 is 22.7 Å². The Kier molecular flexibility index (Phi) is 7.09. The van der Waals surface area contributed by atoms with Gasteiger partial charge >= 0.3 is 0 Å². The molecule has 0 atom stereocenters. The van der Waals surface area contributed by atoms with E-state index in [1.54, 1.807) is 23.6 Å². The Balaban J connectivity index is 1.44. The number of amides is 3. The van der Waals surface area contributed by atoms with Gasteiger partial charge in [-0.2, -0.15) is 11.3 Å². The molecule has 0 aliphatic heterocycles. The highest BCUT2D eigenvalue weighted by Gasteiger charge is 2.09. The second kappa shape index (κ2) is 9.94. The number of thiazole rings is 1. The van der Waals surface area contributed by atoms with E-state index in [0.29, 0.717) is 30.1 Å². The maximum atomic E-state index is 12.1. The van der Waals surface area contributed by atoms with Crippen molar-refractivity contribution in [3.63, 3.8) is 0 Å². The van der Waals surface area contributed by atoms with Gasteiger partial charge in [0.25, 0.3) is 5.91 Å². The molecule has 0 aliphatic carbocycles. The molecule has 0 aliphatic rings. The molecule has 9 heteroatoms. The second-order valence-corrected chi connectivity index (χ2v) is 7.85. The van der Waals surface area contributed by atoms with Crippen molar-refractivity contribution in [2.24, 2.45) is 0 Å². The average molecular weight is 429 g/mol. The van der Waals surface area contributed by atoms with Crippen LogP contribution in [0, 0.1) is 0 Å². The first-order valence-corrected chi connectivity index (χ1v) is 10.8. The molecule has 2 aromatic heterocycles. The summed E-state index contributed by atoms with van der Waals surface area (Å²) in [5.74, 6) is -0.389. The molecule has 2 heterocycles. The van der Waals surface area contributed by atoms with Crippen molar-refractivity contribution in [2.75, 3.05) is 17.2 Å². The largest absolute Gasteiger partial charge is 0.352 e. The molecular weight excluding hydrogens is 408 g/mol. The third-order valence-corrected chi connectivity index (χ3v) is 5.34. The molecule has 3 N–H and O–H groups in total. The fraction of sp³-hybridized carbons (Fsp3) is 0.200. The molecule has 0 radical (unpaired) electrons. The zero-order valence-corrected chi connectivity index (χ0v) is 17.4. The van der Waals surface area contributed by atoms with E-state index in [0.717, 1.165) is 16.9 Å². The zero-order valence-electron chi connectivity index (χ0n) is 15.7. The fourth-order valence-corrected chi connectivity index (χ4v) is 3.89. The summed E-state index contributed by atoms with van der Waals surface area (Å²) in [7, 11) is 0. The van der Waals surface area contributed by atoms with Crippen molar-refractivity contribution < 1.29 is 14.4 Å². The van der Waals surface area contributed by atoms with Crippen LogP contribution < -0.4 is 16.0 Å². The van der Waals surface area contributed by atoms with E-state index in [9.17, 15) is 14.4 Å². The standard InChI is InChI=1S/C20H20N4O3S2/c1-13(25)22-16-6-4-14(5-7-16)17-12-29-20(23-17)24-18(26)3-2-9-21-19(27)15-8-10-28-11-15/h4-8,10-12H,2-3,9H2,1H3,(H,21,27)(H,22,25)(H,23,24,26). The lowest BCUT2D eigenvalue weighted by Crippen LogP contribution is -2.25. The number of anilines is 2. The van der Waals surface area contributed by atoms with E-state index >= 15 is 0 Å². The van der Waals surface area contributed by atoms with Crippen molar-refractivity contribution >= 4 is 51.2 Å². The molecular formula is C20H20N4O3S2. The van der Waals surface area contributed by atoms with Crippen molar-refractivity contribution in [1.82, 2.24) is 10.3 Å². The van der Waals surface area contributed by atoms with Gasteiger partial charge < -0.3 is 16.0 Å². The maximum absolute atomic E-state index is 12.1. The molecule has 3 amide bonds. The third-order valence-electron chi connectivity index (χ3n) is 3.90. The minimum Gasteiger partial charge on any atom is -0.352 e. The first-order chi connectivity index (χ1) is 14.0. The van der Waals surface area contributed by atoms with E-state index in [4.69, 9.17) is 0 Å². The Morgan fingerprint density at radius 3 is 2.52 bits per heavy atom. The number of aromatic nitrogens is 1. The molecule has 0 bridgehead atoms. The van der Waals surface area contributed by atoms with E-state index in [-0.39, 0.29) is 17.7 Å². The summed E-state index contributed by atoms with van der Waals surface area (Å²) in [6.07, 6.45) is 0.842. The Bertz CT molecular complexity index is 982. The van der Waals surface area contributed by atoms with Gasteiger partial charge in [-0.15, -0.1) is 11.3 Å². The molecule has 0 saturated heterocycles. The van der Waals surface area contributed by atoms with Gasteiger partial charge in [0.05, 0.1) is 5.69 Å². The van der Waals surface area contributed by atoms with Gasteiger partial charge in [0.1, 0.15) is 0 Å². The normalized spacial score (nSPS) is 10.4. The fourth-order valence-electron chi connectivity index (χ4n) is 2.52. The highest BCUT2D eigenvalue weighted by atomic mass is 32.1. The molecule has 0 unspecified atom stereocenters. The summed E-state index contributed by atoms with van der Waals surface area (Å²) in [5, 5.41) is 14.3. The number of nitrogens with zero attached hydrogens (tertiary/aromatic N) is 1. The third kappa shape index (κ3) is 6.23. The number of thiophene rings is 1. The molecule has 3 aromatic rings. The summed E-state index contributed by atoms with van der Waals surface area (Å²) in [6.45, 7) is 1.90. The molecule has 0 fully saturated rings. The van der Waals surface area contributed by atoms with Crippen LogP contribution in [0.15, 0.2) is 46.5 Å². The molecule has 7 nitrogen and oxygen atoms in total. The van der Waals surface area contributed by atoms with Crippen LogP contribution in [-0.4, -0.2) is 29.3 Å². The van der Waals surface area contributed by atoms with Gasteiger partial charge in [0.2, 0.25) is 11.8 Å². The van der Waals surface area contributed by atoms with E-state index in [1.165, 1.54) is 29.6 Å². The average Bonchev–Trinajstić information content (AvgIpc) is 3.37. The number of hydrogen-bond acceptors (Lipinski definition) is 6. The highest BCUT2D eigenvalue weighted by molar-refractivity contribution is 7.14. The Morgan fingerprint density at radius 2 is 1.83 bits per heavy atom. The van der Waals surface area contributed by atoms with Crippen molar-refractivity contribution in [3.8, 4) is 11.3 Å². The SMILES string of the molecule is CC(=O)Nc1ccc(-c2csc(NC(=O)CCCNC(=O)c3ccsc3)n2)cc1. The van der Waals surface area contributed by atoms with Gasteiger partial charge in [0, 0.05) is 47.5 Å². The second-order valence-electron chi connectivity index (χ2n) is 6.22. The van der Waals surface area contributed by atoms with Gasteiger partial charge in [-0.3, -0.25) is 14.4 Å². The first-order valence-electron chi connectivity index (χ1n) is 8.95. The summed E-state index contributed by atoms with van der Waals surface area (Å²) in [6, 6.07) is 9.10. The van der Waals surface area contributed by atoms with Crippen LogP contribution in [0.4, 0.5) is 10.8 Å². The van der Waals surface area contributed by atoms with Crippen molar-refractivity contribution in [1.29, 1.82) is 0 Å². The molecule has 29 heavy (non-hydrogen) atoms. The monoisotopic (exact) mass is 428 g/mol. The molecule has 150 valence electrons. The van der Waals surface area contributed by atoms with Crippen LogP contribution in [-0.2, 0) is 9.59 Å². The van der Waals surface area contributed by atoms with Gasteiger partial charge in [0.15, 0.2) is 5.13 Å². The summed E-state index contributed by atoms with van der Waals surface area (Å²) in [4.78, 5) is 39.4. The number of carbonyl (C=O) groups is 3. The number of nitrogens with one attached hydrogen (secondary N) is 3. The minimum absolute atomic E-state index is 0.123. The number of rotatable bonds is 8. The van der Waals surface area contributed by atoms with E-state index in [1.807, 2.05) is 22.9 Å². The van der Waals surface area contributed by atoms with Crippen LogP contribution in [0.3, 0.4) is 0 Å². The van der Waals surface area contributed by atoms with Crippen molar-refractivity contribution in [3.05, 3.63) is 52.0 Å². The lowest BCUT2D eigenvalue weighted by molar-refractivity contribution is -0.116. The van der Waals surface area contributed by atoms with E-state index in [2.05, 4.69) is 20.9 Å². The number of carbonyl (C=O) groups excluding carboxylic acids is 3. The van der Waals surface area contributed by atoms with Gasteiger partial charge in [-0.1, -0.05) is 12.1 Å².